The largest absolute Gasteiger partial charge is 0.487 e. The van der Waals surface area contributed by atoms with Gasteiger partial charge >= 0.3 is 0 Å². The highest BCUT2D eigenvalue weighted by Gasteiger charge is 2.33. The lowest BCUT2D eigenvalue weighted by atomic mass is 9.90. The Morgan fingerprint density at radius 3 is 2.81 bits per heavy atom. The summed E-state index contributed by atoms with van der Waals surface area (Å²) in [6, 6.07) is 8.78. The lowest BCUT2D eigenvalue weighted by Crippen LogP contribution is -2.43. The Balaban J connectivity index is 1.59. The van der Waals surface area contributed by atoms with Crippen molar-refractivity contribution in [2.24, 2.45) is 0 Å². The molecule has 0 aromatic heterocycles. The number of benzene rings is 1. The standard InChI is InChI=1S/C17H26N2O2/c1-17(2)13-15(14-5-3-4-6-16(14)21-17)18-7-8-19-9-11-20-12-10-19/h3-6,15,18H,7-13H2,1-2H3. The minimum atomic E-state index is -0.106. The van der Waals surface area contributed by atoms with Crippen molar-refractivity contribution in [2.75, 3.05) is 39.4 Å². The van der Waals surface area contributed by atoms with Gasteiger partial charge in [0.15, 0.2) is 0 Å². The average Bonchev–Trinajstić information content (AvgIpc) is 2.47. The quantitative estimate of drug-likeness (QED) is 0.922. The molecule has 2 aliphatic heterocycles. The fourth-order valence-electron chi connectivity index (χ4n) is 3.21. The van der Waals surface area contributed by atoms with Crippen molar-refractivity contribution in [3.05, 3.63) is 29.8 Å². The zero-order valence-corrected chi connectivity index (χ0v) is 13.1. The van der Waals surface area contributed by atoms with E-state index in [9.17, 15) is 0 Å². The van der Waals surface area contributed by atoms with Gasteiger partial charge in [-0.1, -0.05) is 18.2 Å². The summed E-state index contributed by atoms with van der Waals surface area (Å²) < 4.78 is 11.5. The third-order valence-electron chi connectivity index (χ3n) is 4.30. The second-order valence-corrected chi connectivity index (χ2v) is 6.56. The molecule has 4 nitrogen and oxygen atoms in total. The topological polar surface area (TPSA) is 33.7 Å². The molecular formula is C17H26N2O2. The second kappa shape index (κ2) is 6.34. The summed E-state index contributed by atoms with van der Waals surface area (Å²) in [6.45, 7) is 10.3. The van der Waals surface area contributed by atoms with Crippen LogP contribution in [0.3, 0.4) is 0 Å². The van der Waals surface area contributed by atoms with Crippen LogP contribution in [0.2, 0.25) is 0 Å². The molecule has 0 saturated carbocycles. The third-order valence-corrected chi connectivity index (χ3v) is 4.30. The molecule has 1 aromatic rings. The van der Waals surface area contributed by atoms with Crippen LogP contribution in [-0.4, -0.2) is 49.9 Å². The molecule has 21 heavy (non-hydrogen) atoms. The Labute approximate surface area is 127 Å². The van der Waals surface area contributed by atoms with Crippen LogP contribution in [0.25, 0.3) is 0 Å². The second-order valence-electron chi connectivity index (χ2n) is 6.56. The van der Waals surface area contributed by atoms with E-state index in [0.29, 0.717) is 6.04 Å². The van der Waals surface area contributed by atoms with Crippen molar-refractivity contribution < 1.29 is 9.47 Å². The van der Waals surface area contributed by atoms with Gasteiger partial charge in [-0.2, -0.15) is 0 Å². The van der Waals surface area contributed by atoms with Crippen LogP contribution >= 0.6 is 0 Å². The smallest absolute Gasteiger partial charge is 0.124 e. The van der Waals surface area contributed by atoms with Crippen LogP contribution in [0, 0.1) is 0 Å². The highest BCUT2D eigenvalue weighted by molar-refractivity contribution is 5.38. The first kappa shape index (κ1) is 14.8. The van der Waals surface area contributed by atoms with Crippen LogP contribution in [-0.2, 0) is 4.74 Å². The van der Waals surface area contributed by atoms with Gasteiger partial charge in [0.25, 0.3) is 0 Å². The van der Waals surface area contributed by atoms with E-state index in [1.807, 2.05) is 6.07 Å². The third kappa shape index (κ3) is 3.76. The number of hydrogen-bond donors (Lipinski definition) is 1. The van der Waals surface area contributed by atoms with Gasteiger partial charge in [-0.3, -0.25) is 4.90 Å². The molecule has 2 heterocycles. The first-order valence-electron chi connectivity index (χ1n) is 7.95. The number of rotatable bonds is 4. The molecule has 0 bridgehead atoms. The van der Waals surface area contributed by atoms with Crippen molar-refractivity contribution in [1.29, 1.82) is 0 Å². The highest BCUT2D eigenvalue weighted by atomic mass is 16.5. The molecule has 1 aromatic carbocycles. The van der Waals surface area contributed by atoms with Crippen LogP contribution in [0.5, 0.6) is 5.75 Å². The van der Waals surface area contributed by atoms with Gasteiger partial charge in [0, 0.05) is 44.2 Å². The van der Waals surface area contributed by atoms with E-state index in [4.69, 9.17) is 9.47 Å². The van der Waals surface area contributed by atoms with E-state index in [1.54, 1.807) is 0 Å². The monoisotopic (exact) mass is 290 g/mol. The molecule has 116 valence electrons. The predicted molar refractivity (Wildman–Crippen MR) is 83.8 cm³/mol. The Bertz CT molecular complexity index is 470. The minimum absolute atomic E-state index is 0.106. The number of morpholine rings is 1. The predicted octanol–water partition coefficient (Wildman–Crippen LogP) is 2.21. The first-order chi connectivity index (χ1) is 10.1. The summed E-state index contributed by atoms with van der Waals surface area (Å²) in [7, 11) is 0. The summed E-state index contributed by atoms with van der Waals surface area (Å²) in [4.78, 5) is 2.47. The molecule has 1 saturated heterocycles. The van der Waals surface area contributed by atoms with Crippen LogP contribution in [0.4, 0.5) is 0 Å². The number of hydrogen-bond acceptors (Lipinski definition) is 4. The van der Waals surface area contributed by atoms with Gasteiger partial charge in [-0.05, 0) is 19.9 Å². The normalized spacial score (nSPS) is 25.1. The lowest BCUT2D eigenvalue weighted by Gasteiger charge is -2.38. The molecule has 4 heteroatoms. The minimum Gasteiger partial charge on any atom is -0.487 e. The van der Waals surface area contributed by atoms with E-state index in [2.05, 4.69) is 42.3 Å². The van der Waals surface area contributed by atoms with Crippen molar-refractivity contribution >= 4 is 0 Å². The average molecular weight is 290 g/mol. The maximum absolute atomic E-state index is 6.08. The lowest BCUT2D eigenvalue weighted by molar-refractivity contribution is 0.0363. The molecule has 1 N–H and O–H groups in total. The fraction of sp³-hybridized carbons (Fsp3) is 0.647. The van der Waals surface area contributed by atoms with E-state index in [0.717, 1.165) is 51.6 Å². The molecule has 1 unspecified atom stereocenters. The van der Waals surface area contributed by atoms with Gasteiger partial charge in [-0.25, -0.2) is 0 Å². The number of fused-ring (bicyclic) bond motifs is 1. The van der Waals surface area contributed by atoms with Crippen molar-refractivity contribution in [2.45, 2.75) is 31.9 Å². The maximum atomic E-state index is 6.08. The number of nitrogens with zero attached hydrogens (tertiary/aromatic N) is 1. The molecule has 1 fully saturated rings. The zero-order valence-electron chi connectivity index (χ0n) is 13.1. The van der Waals surface area contributed by atoms with Gasteiger partial charge < -0.3 is 14.8 Å². The van der Waals surface area contributed by atoms with Crippen molar-refractivity contribution in [3.63, 3.8) is 0 Å². The van der Waals surface area contributed by atoms with Gasteiger partial charge in [0.2, 0.25) is 0 Å². The van der Waals surface area contributed by atoms with Crippen LogP contribution < -0.4 is 10.1 Å². The molecule has 2 aliphatic rings. The molecule has 1 atom stereocenters. The van der Waals surface area contributed by atoms with Crippen molar-refractivity contribution in [3.8, 4) is 5.75 Å². The van der Waals surface area contributed by atoms with Crippen LogP contribution in [0.1, 0.15) is 31.9 Å². The first-order valence-corrected chi connectivity index (χ1v) is 7.95. The van der Waals surface area contributed by atoms with E-state index >= 15 is 0 Å². The molecular weight excluding hydrogens is 264 g/mol. The van der Waals surface area contributed by atoms with Gasteiger partial charge in [-0.15, -0.1) is 0 Å². The van der Waals surface area contributed by atoms with E-state index in [1.165, 1.54) is 5.56 Å². The summed E-state index contributed by atoms with van der Waals surface area (Å²) in [5.74, 6) is 1.03. The SMILES string of the molecule is CC1(C)CC(NCCN2CCOCC2)c2ccccc2O1. The molecule has 3 rings (SSSR count). The Hall–Kier alpha value is -1.10. The van der Waals surface area contributed by atoms with E-state index < -0.39 is 0 Å². The summed E-state index contributed by atoms with van der Waals surface area (Å²) in [6.07, 6.45) is 1.01. The van der Waals surface area contributed by atoms with E-state index in [-0.39, 0.29) is 5.60 Å². The fourth-order valence-corrected chi connectivity index (χ4v) is 3.21. The van der Waals surface area contributed by atoms with Crippen LogP contribution in [0.15, 0.2) is 24.3 Å². The molecule has 0 radical (unpaired) electrons. The van der Waals surface area contributed by atoms with Gasteiger partial charge in [0.05, 0.1) is 13.2 Å². The zero-order chi connectivity index (χ0) is 14.7. The summed E-state index contributed by atoms with van der Waals surface area (Å²) in [5, 5.41) is 3.72. The number of ether oxygens (including phenoxy) is 2. The molecule has 0 spiro atoms. The van der Waals surface area contributed by atoms with Gasteiger partial charge in [0.1, 0.15) is 11.4 Å². The number of nitrogens with one attached hydrogen (secondary N) is 1. The molecule has 0 amide bonds. The maximum Gasteiger partial charge on any atom is 0.124 e. The Morgan fingerprint density at radius 1 is 1.24 bits per heavy atom. The highest BCUT2D eigenvalue weighted by Crippen LogP contribution is 2.38. The Morgan fingerprint density at radius 2 is 2.00 bits per heavy atom. The Kier molecular flexibility index (Phi) is 4.48. The number of para-hydroxylation sites is 1. The summed E-state index contributed by atoms with van der Waals surface area (Å²) >= 11 is 0. The van der Waals surface area contributed by atoms with Crippen molar-refractivity contribution in [1.82, 2.24) is 10.2 Å². The molecule has 0 aliphatic carbocycles. The summed E-state index contributed by atoms with van der Waals surface area (Å²) in [5.41, 5.74) is 1.18.